The molecule has 0 aliphatic heterocycles. The highest BCUT2D eigenvalue weighted by atomic mass is 35.5. The maximum atomic E-state index is 12.0. The Morgan fingerprint density at radius 3 is 2.65 bits per heavy atom. The van der Waals surface area contributed by atoms with Gasteiger partial charge in [-0.3, -0.25) is 9.59 Å². The molecule has 1 atom stereocenters. The van der Waals surface area contributed by atoms with Crippen LogP contribution in [0.25, 0.3) is 0 Å². The number of aliphatic carboxylic acids is 1. The minimum absolute atomic E-state index is 0.217. The van der Waals surface area contributed by atoms with Crippen LogP contribution in [0.4, 0.5) is 0 Å². The molecule has 0 saturated heterocycles. The van der Waals surface area contributed by atoms with Crippen LogP contribution < -0.4 is 10.1 Å². The van der Waals surface area contributed by atoms with E-state index in [1.54, 1.807) is 31.2 Å². The number of hydrogen-bond acceptors (Lipinski definition) is 5. The second kappa shape index (κ2) is 7.43. The summed E-state index contributed by atoms with van der Waals surface area (Å²) in [4.78, 5) is 27.5. The van der Waals surface area contributed by atoms with Crippen molar-refractivity contribution in [3.05, 3.63) is 44.9 Å². The molecular weight excluding hydrogens is 340 g/mol. The van der Waals surface area contributed by atoms with Crippen molar-refractivity contribution in [2.45, 2.75) is 26.5 Å². The molecule has 0 unspecified atom stereocenters. The Morgan fingerprint density at radius 2 is 2.04 bits per heavy atom. The second-order valence-corrected chi connectivity index (χ2v) is 6.32. The van der Waals surface area contributed by atoms with Gasteiger partial charge >= 0.3 is 5.97 Å². The Bertz CT molecular complexity index is 715. The van der Waals surface area contributed by atoms with Crippen molar-refractivity contribution in [1.82, 2.24) is 10.3 Å². The monoisotopic (exact) mass is 354 g/mol. The van der Waals surface area contributed by atoms with E-state index in [1.165, 1.54) is 18.3 Å². The average molecular weight is 355 g/mol. The van der Waals surface area contributed by atoms with E-state index < -0.39 is 17.9 Å². The summed E-state index contributed by atoms with van der Waals surface area (Å²) in [6, 6.07) is 5.96. The third-order valence-electron chi connectivity index (χ3n) is 2.94. The first-order valence-electron chi connectivity index (χ1n) is 6.75. The number of amides is 1. The number of carboxylic acid groups (broad SMARTS) is 1. The molecule has 6 nitrogen and oxygen atoms in total. The lowest BCUT2D eigenvalue weighted by Gasteiger charge is -2.07. The maximum Gasteiger partial charge on any atom is 0.325 e. The van der Waals surface area contributed by atoms with Gasteiger partial charge in [0.2, 0.25) is 0 Å². The average Bonchev–Trinajstić information content (AvgIpc) is 2.87. The molecule has 0 radical (unpaired) electrons. The Balaban J connectivity index is 2.01. The molecular formula is C15H15ClN2O4S. The van der Waals surface area contributed by atoms with Gasteiger partial charge in [-0.1, -0.05) is 11.6 Å². The number of ether oxygens (including phenoxy) is 1. The summed E-state index contributed by atoms with van der Waals surface area (Å²) in [6.45, 7) is 3.32. The van der Waals surface area contributed by atoms with Crippen molar-refractivity contribution in [3.63, 3.8) is 0 Å². The summed E-state index contributed by atoms with van der Waals surface area (Å²) in [5.74, 6) is -0.896. The van der Waals surface area contributed by atoms with E-state index in [9.17, 15) is 9.59 Å². The van der Waals surface area contributed by atoms with Crippen molar-refractivity contribution >= 4 is 34.8 Å². The smallest absolute Gasteiger partial charge is 0.325 e. The second-order valence-electron chi connectivity index (χ2n) is 4.80. The van der Waals surface area contributed by atoms with E-state index >= 15 is 0 Å². The van der Waals surface area contributed by atoms with Gasteiger partial charge in [-0.2, -0.15) is 0 Å². The van der Waals surface area contributed by atoms with Crippen LogP contribution in [0.15, 0.2) is 24.3 Å². The topological polar surface area (TPSA) is 88.5 Å². The summed E-state index contributed by atoms with van der Waals surface area (Å²) in [7, 11) is 0. The van der Waals surface area contributed by atoms with Gasteiger partial charge in [-0.05, 0) is 38.1 Å². The number of nitrogens with one attached hydrogen (secondary N) is 1. The van der Waals surface area contributed by atoms with E-state index in [1.807, 2.05) is 0 Å². The molecule has 0 aliphatic carbocycles. The summed E-state index contributed by atoms with van der Waals surface area (Å²) in [5.41, 5.74) is 0.541. The predicted molar refractivity (Wildman–Crippen MR) is 87.2 cm³/mol. The molecule has 0 aliphatic rings. The third-order valence-corrected chi connectivity index (χ3v) is 4.32. The number of hydrogen-bond donors (Lipinski definition) is 2. The molecule has 1 aromatic carbocycles. The molecule has 2 aromatic rings. The fourth-order valence-electron chi connectivity index (χ4n) is 1.72. The molecule has 1 heterocycles. The molecule has 0 fully saturated rings. The van der Waals surface area contributed by atoms with Crippen molar-refractivity contribution in [2.24, 2.45) is 0 Å². The standard InChI is InChI=1S/C15H15ClN2O4S/c1-8-13(14(19)18-9(2)15(20)21)23-12(17-8)7-22-11-5-3-10(16)4-6-11/h3-6,9H,7H2,1-2H3,(H,18,19)(H,20,21)/t9-/m1/s1. The van der Waals surface area contributed by atoms with Crippen molar-refractivity contribution in [1.29, 1.82) is 0 Å². The predicted octanol–water partition coefficient (Wildman–Crippen LogP) is 2.89. The van der Waals surface area contributed by atoms with Gasteiger partial charge in [0, 0.05) is 5.02 Å². The number of benzene rings is 1. The Morgan fingerprint density at radius 1 is 1.39 bits per heavy atom. The fourth-order valence-corrected chi connectivity index (χ4v) is 2.73. The SMILES string of the molecule is Cc1nc(COc2ccc(Cl)cc2)sc1C(=O)N[C@H](C)C(=O)O. The zero-order valence-corrected chi connectivity index (χ0v) is 14.1. The van der Waals surface area contributed by atoms with Gasteiger partial charge in [-0.15, -0.1) is 11.3 Å². The number of nitrogens with zero attached hydrogens (tertiary/aromatic N) is 1. The van der Waals surface area contributed by atoms with Crippen LogP contribution in [-0.2, 0) is 11.4 Å². The number of halogens is 1. The van der Waals surface area contributed by atoms with Gasteiger partial charge in [-0.25, -0.2) is 4.98 Å². The molecule has 2 rings (SSSR count). The molecule has 122 valence electrons. The highest BCUT2D eigenvalue weighted by Crippen LogP contribution is 2.21. The molecule has 0 bridgehead atoms. The number of carboxylic acids is 1. The molecule has 8 heteroatoms. The Hall–Kier alpha value is -2.12. The van der Waals surface area contributed by atoms with Crippen LogP contribution in [0.5, 0.6) is 5.75 Å². The van der Waals surface area contributed by atoms with E-state index in [0.29, 0.717) is 26.4 Å². The van der Waals surface area contributed by atoms with Gasteiger partial charge in [0.15, 0.2) is 0 Å². The highest BCUT2D eigenvalue weighted by molar-refractivity contribution is 7.13. The molecule has 0 spiro atoms. The van der Waals surface area contributed by atoms with Gasteiger partial charge < -0.3 is 15.2 Å². The lowest BCUT2D eigenvalue weighted by molar-refractivity contribution is -0.138. The normalized spacial score (nSPS) is 11.8. The highest BCUT2D eigenvalue weighted by Gasteiger charge is 2.20. The van der Waals surface area contributed by atoms with E-state index in [-0.39, 0.29) is 6.61 Å². The molecule has 1 amide bonds. The Labute approximate surface area is 142 Å². The summed E-state index contributed by atoms with van der Waals surface area (Å²) in [6.07, 6.45) is 0. The first kappa shape index (κ1) is 17.2. The minimum Gasteiger partial charge on any atom is -0.486 e. The molecule has 1 aromatic heterocycles. The lowest BCUT2D eigenvalue weighted by Crippen LogP contribution is -2.38. The number of aromatic nitrogens is 1. The van der Waals surface area contributed by atoms with Gasteiger partial charge in [0.25, 0.3) is 5.91 Å². The maximum absolute atomic E-state index is 12.0. The van der Waals surface area contributed by atoms with Crippen molar-refractivity contribution in [3.8, 4) is 5.75 Å². The van der Waals surface area contributed by atoms with E-state index in [2.05, 4.69) is 10.3 Å². The van der Waals surface area contributed by atoms with Crippen LogP contribution in [0.2, 0.25) is 5.02 Å². The van der Waals surface area contributed by atoms with E-state index in [0.717, 1.165) is 0 Å². The Kier molecular flexibility index (Phi) is 5.57. The van der Waals surface area contributed by atoms with Crippen LogP contribution in [0.3, 0.4) is 0 Å². The quantitative estimate of drug-likeness (QED) is 0.832. The van der Waals surface area contributed by atoms with Crippen molar-refractivity contribution < 1.29 is 19.4 Å². The summed E-state index contributed by atoms with van der Waals surface area (Å²) in [5, 5.41) is 12.5. The fraction of sp³-hybridized carbons (Fsp3) is 0.267. The van der Waals surface area contributed by atoms with Crippen molar-refractivity contribution in [2.75, 3.05) is 0 Å². The number of carbonyl (C=O) groups excluding carboxylic acids is 1. The lowest BCUT2D eigenvalue weighted by atomic mass is 10.3. The number of thiazole rings is 1. The zero-order chi connectivity index (χ0) is 17.0. The molecule has 23 heavy (non-hydrogen) atoms. The summed E-state index contributed by atoms with van der Waals surface area (Å²) >= 11 is 6.98. The number of carbonyl (C=O) groups is 2. The molecule has 2 N–H and O–H groups in total. The third kappa shape index (κ3) is 4.67. The van der Waals surface area contributed by atoms with Crippen LogP contribution >= 0.6 is 22.9 Å². The molecule has 0 saturated carbocycles. The summed E-state index contributed by atoms with van der Waals surface area (Å²) < 4.78 is 5.58. The minimum atomic E-state index is -1.09. The first-order valence-corrected chi connectivity index (χ1v) is 7.94. The van der Waals surface area contributed by atoms with Crippen LogP contribution in [0.1, 0.15) is 27.3 Å². The first-order chi connectivity index (χ1) is 10.9. The largest absolute Gasteiger partial charge is 0.486 e. The van der Waals surface area contributed by atoms with Crippen LogP contribution in [0, 0.1) is 6.92 Å². The number of aryl methyl sites for hydroxylation is 1. The van der Waals surface area contributed by atoms with Gasteiger partial charge in [0.1, 0.15) is 28.3 Å². The van der Waals surface area contributed by atoms with Crippen LogP contribution in [-0.4, -0.2) is 28.0 Å². The zero-order valence-electron chi connectivity index (χ0n) is 12.5. The number of rotatable bonds is 6. The van der Waals surface area contributed by atoms with E-state index in [4.69, 9.17) is 21.4 Å². The van der Waals surface area contributed by atoms with Gasteiger partial charge in [0.05, 0.1) is 5.69 Å².